The highest BCUT2D eigenvalue weighted by atomic mass is 35.5. The van der Waals surface area contributed by atoms with Gasteiger partial charge in [0, 0.05) is 28.2 Å². The first-order valence-electron chi connectivity index (χ1n) is 9.88. The van der Waals surface area contributed by atoms with Crippen LogP contribution in [0.2, 0.25) is 5.02 Å². The fourth-order valence-electron chi connectivity index (χ4n) is 4.30. The molecule has 0 aliphatic carbocycles. The maximum atomic E-state index is 13.6. The van der Waals surface area contributed by atoms with Gasteiger partial charge in [-0.05, 0) is 54.8 Å². The number of fused-ring (bicyclic) bond motifs is 3. The predicted molar refractivity (Wildman–Crippen MR) is 120 cm³/mol. The van der Waals surface area contributed by atoms with Gasteiger partial charge >= 0.3 is 0 Å². The third-order valence-electron chi connectivity index (χ3n) is 5.80. The Labute approximate surface area is 181 Å². The lowest BCUT2D eigenvalue weighted by atomic mass is 9.94. The van der Waals surface area contributed by atoms with E-state index in [1.54, 1.807) is 28.6 Å². The van der Waals surface area contributed by atoms with E-state index in [1.165, 1.54) is 5.56 Å². The highest BCUT2D eigenvalue weighted by Crippen LogP contribution is 2.41. The molecular formula is C24H21ClN2O2S. The van der Waals surface area contributed by atoms with Crippen LogP contribution < -0.4 is 0 Å². The molecule has 0 fully saturated rings. The molecule has 1 aliphatic heterocycles. The van der Waals surface area contributed by atoms with Crippen molar-refractivity contribution in [1.82, 2.24) is 9.29 Å². The minimum atomic E-state index is -3.71. The molecule has 1 aliphatic rings. The predicted octanol–water partition coefficient (Wildman–Crippen LogP) is 5.47. The molecule has 152 valence electrons. The maximum absolute atomic E-state index is 13.6. The zero-order valence-electron chi connectivity index (χ0n) is 16.5. The highest BCUT2D eigenvalue weighted by Gasteiger charge is 2.39. The summed E-state index contributed by atoms with van der Waals surface area (Å²) in [4.78, 5) is 3.77. The monoisotopic (exact) mass is 436 g/mol. The molecule has 0 amide bonds. The Hall–Kier alpha value is -2.60. The van der Waals surface area contributed by atoms with Crippen LogP contribution >= 0.6 is 11.6 Å². The first-order chi connectivity index (χ1) is 14.4. The number of aromatic amines is 1. The summed E-state index contributed by atoms with van der Waals surface area (Å²) in [5.74, 6) is 0. The van der Waals surface area contributed by atoms with Crippen LogP contribution in [-0.2, 0) is 16.4 Å². The fraction of sp³-hybridized carbons (Fsp3) is 0.167. The summed E-state index contributed by atoms with van der Waals surface area (Å²) < 4.78 is 28.9. The van der Waals surface area contributed by atoms with Crippen molar-refractivity contribution in [2.45, 2.75) is 24.3 Å². The van der Waals surface area contributed by atoms with E-state index in [9.17, 15) is 8.42 Å². The van der Waals surface area contributed by atoms with Gasteiger partial charge in [0.1, 0.15) is 0 Å². The van der Waals surface area contributed by atoms with E-state index >= 15 is 0 Å². The van der Waals surface area contributed by atoms with Gasteiger partial charge in [-0.2, -0.15) is 4.31 Å². The number of para-hydroxylation sites is 1. The molecule has 3 aromatic carbocycles. The van der Waals surface area contributed by atoms with Crippen LogP contribution in [0.5, 0.6) is 0 Å². The number of hydrogen-bond acceptors (Lipinski definition) is 2. The SMILES string of the molecule is Cc1ccc([C@H]2c3[nH]c4ccccc4c3CCN2S(=O)(=O)c2ccc(Cl)cc2)cc1. The molecule has 0 saturated carbocycles. The molecule has 2 heterocycles. The largest absolute Gasteiger partial charge is 0.357 e. The van der Waals surface area contributed by atoms with Gasteiger partial charge in [0.15, 0.2) is 0 Å². The normalized spacial score (nSPS) is 17.2. The number of benzene rings is 3. The standard InChI is InChI=1S/C24H21ClN2O2S/c1-16-6-8-17(9-7-16)24-23-21(20-4-2-3-5-22(20)26-23)14-15-27(24)30(28,29)19-12-10-18(25)11-13-19/h2-13,24,26H,14-15H2,1H3/t24-/m0/s1. The Morgan fingerprint density at radius 3 is 2.40 bits per heavy atom. The topological polar surface area (TPSA) is 53.2 Å². The van der Waals surface area contributed by atoms with Crippen LogP contribution in [0.1, 0.15) is 28.4 Å². The van der Waals surface area contributed by atoms with Gasteiger partial charge < -0.3 is 4.98 Å². The summed E-state index contributed by atoms with van der Waals surface area (Å²) in [7, 11) is -3.71. The first kappa shape index (κ1) is 19.4. The summed E-state index contributed by atoms with van der Waals surface area (Å²) in [6.45, 7) is 2.44. The molecule has 6 heteroatoms. The lowest BCUT2D eigenvalue weighted by Gasteiger charge is -2.35. The van der Waals surface area contributed by atoms with Crippen molar-refractivity contribution in [2.75, 3.05) is 6.54 Å². The van der Waals surface area contributed by atoms with E-state index < -0.39 is 16.1 Å². The lowest BCUT2D eigenvalue weighted by Crippen LogP contribution is -2.40. The van der Waals surface area contributed by atoms with E-state index in [4.69, 9.17) is 11.6 Å². The molecule has 1 aromatic heterocycles. The van der Waals surface area contributed by atoms with Gasteiger partial charge in [-0.3, -0.25) is 0 Å². The second kappa shape index (κ2) is 7.27. The Kier molecular flexibility index (Phi) is 4.69. The van der Waals surface area contributed by atoms with Gasteiger partial charge in [-0.1, -0.05) is 59.6 Å². The summed E-state index contributed by atoms with van der Waals surface area (Å²) in [5.41, 5.74) is 5.26. The minimum absolute atomic E-state index is 0.253. The van der Waals surface area contributed by atoms with E-state index in [0.717, 1.165) is 27.7 Å². The van der Waals surface area contributed by atoms with Gasteiger partial charge in [0.2, 0.25) is 10.0 Å². The van der Waals surface area contributed by atoms with Crippen LogP contribution in [0.4, 0.5) is 0 Å². The van der Waals surface area contributed by atoms with Crippen molar-refractivity contribution in [3.05, 3.63) is 100 Å². The highest BCUT2D eigenvalue weighted by molar-refractivity contribution is 7.89. The summed E-state index contributed by atoms with van der Waals surface area (Å²) in [6, 6.07) is 22.2. The third-order valence-corrected chi connectivity index (χ3v) is 7.93. The number of halogens is 1. The zero-order chi connectivity index (χ0) is 20.9. The molecular weight excluding hydrogens is 416 g/mol. The molecule has 0 bridgehead atoms. The Morgan fingerprint density at radius 1 is 0.967 bits per heavy atom. The van der Waals surface area contributed by atoms with Crippen LogP contribution in [0.25, 0.3) is 10.9 Å². The molecule has 1 atom stereocenters. The second-order valence-corrected chi connectivity index (χ2v) is 10.0. The van der Waals surface area contributed by atoms with Crippen LogP contribution in [-0.4, -0.2) is 24.3 Å². The van der Waals surface area contributed by atoms with Crippen LogP contribution in [0.3, 0.4) is 0 Å². The second-order valence-electron chi connectivity index (χ2n) is 7.70. The summed E-state index contributed by atoms with van der Waals surface area (Å²) in [6.07, 6.45) is 0.661. The summed E-state index contributed by atoms with van der Waals surface area (Å²) >= 11 is 5.99. The molecule has 0 spiro atoms. The third kappa shape index (κ3) is 3.14. The molecule has 5 rings (SSSR count). The fourth-order valence-corrected chi connectivity index (χ4v) is 6.01. The minimum Gasteiger partial charge on any atom is -0.357 e. The molecule has 0 unspecified atom stereocenters. The number of aromatic nitrogens is 1. The van der Waals surface area contributed by atoms with Gasteiger partial charge in [-0.15, -0.1) is 0 Å². The lowest BCUT2D eigenvalue weighted by molar-refractivity contribution is 0.340. The number of sulfonamides is 1. The quantitative estimate of drug-likeness (QED) is 0.463. The van der Waals surface area contributed by atoms with Crippen molar-refractivity contribution < 1.29 is 8.42 Å². The van der Waals surface area contributed by atoms with Gasteiger partial charge in [0.05, 0.1) is 10.9 Å². The van der Waals surface area contributed by atoms with Crippen molar-refractivity contribution in [1.29, 1.82) is 0 Å². The average Bonchev–Trinajstić information content (AvgIpc) is 3.13. The van der Waals surface area contributed by atoms with Gasteiger partial charge in [0.25, 0.3) is 0 Å². The maximum Gasteiger partial charge on any atom is 0.244 e. The smallest absolute Gasteiger partial charge is 0.244 e. The van der Waals surface area contributed by atoms with Crippen molar-refractivity contribution >= 4 is 32.5 Å². The number of rotatable bonds is 3. The molecule has 4 aromatic rings. The summed E-state index contributed by atoms with van der Waals surface area (Å²) in [5, 5.41) is 1.67. The number of hydrogen-bond donors (Lipinski definition) is 1. The van der Waals surface area contributed by atoms with Crippen LogP contribution in [0.15, 0.2) is 77.7 Å². The van der Waals surface area contributed by atoms with E-state index in [-0.39, 0.29) is 4.90 Å². The van der Waals surface area contributed by atoms with Crippen molar-refractivity contribution in [2.24, 2.45) is 0 Å². The average molecular weight is 437 g/mol. The molecule has 0 saturated heterocycles. The Balaban J connectivity index is 1.70. The molecule has 0 radical (unpaired) electrons. The van der Waals surface area contributed by atoms with E-state index in [1.807, 2.05) is 49.4 Å². The number of H-pyrrole nitrogens is 1. The molecule has 30 heavy (non-hydrogen) atoms. The van der Waals surface area contributed by atoms with Crippen molar-refractivity contribution in [3.63, 3.8) is 0 Å². The molecule has 4 nitrogen and oxygen atoms in total. The number of aryl methyl sites for hydroxylation is 1. The van der Waals surface area contributed by atoms with Crippen LogP contribution in [0, 0.1) is 6.92 Å². The number of nitrogens with zero attached hydrogens (tertiary/aromatic N) is 1. The van der Waals surface area contributed by atoms with Crippen molar-refractivity contribution in [3.8, 4) is 0 Å². The van der Waals surface area contributed by atoms with E-state index in [2.05, 4.69) is 11.1 Å². The Bertz CT molecular complexity index is 1330. The zero-order valence-corrected chi connectivity index (χ0v) is 18.0. The van der Waals surface area contributed by atoms with E-state index in [0.29, 0.717) is 18.0 Å². The Morgan fingerprint density at radius 2 is 1.67 bits per heavy atom. The number of nitrogens with one attached hydrogen (secondary N) is 1. The van der Waals surface area contributed by atoms with Gasteiger partial charge in [-0.25, -0.2) is 8.42 Å². The first-order valence-corrected chi connectivity index (χ1v) is 11.7. The molecule has 1 N–H and O–H groups in total.